The predicted molar refractivity (Wildman–Crippen MR) is 139 cm³/mol. The summed E-state index contributed by atoms with van der Waals surface area (Å²) < 4.78 is 40.2. The molecule has 2 aromatic rings. The molecule has 0 spiro atoms. The van der Waals surface area contributed by atoms with Crippen LogP contribution in [0.15, 0.2) is 71.6 Å². The molecule has 1 aliphatic carbocycles. The SMILES string of the molecule is Cc1ccc(S(=O)(=O)N2CC[C@@H]3CC=C[C@H](O[Si](C)(C)C)[C@]3(C(=O)OCc3ccccc3)C2=O)cc1. The van der Waals surface area contributed by atoms with Crippen LogP contribution < -0.4 is 0 Å². The summed E-state index contributed by atoms with van der Waals surface area (Å²) in [5, 5.41) is 0. The Labute approximate surface area is 214 Å². The summed E-state index contributed by atoms with van der Waals surface area (Å²) in [6, 6.07) is 15.6. The Morgan fingerprint density at radius 2 is 1.75 bits per heavy atom. The second-order valence-electron chi connectivity index (χ2n) is 10.4. The van der Waals surface area contributed by atoms with Crippen molar-refractivity contribution < 1.29 is 27.2 Å². The van der Waals surface area contributed by atoms with Gasteiger partial charge in [-0.1, -0.05) is 60.2 Å². The molecule has 1 fully saturated rings. The maximum Gasteiger partial charge on any atom is 0.325 e. The highest BCUT2D eigenvalue weighted by molar-refractivity contribution is 7.89. The zero-order valence-corrected chi connectivity index (χ0v) is 23.0. The van der Waals surface area contributed by atoms with E-state index < -0.39 is 47.7 Å². The van der Waals surface area contributed by atoms with E-state index in [1.807, 2.05) is 63.0 Å². The van der Waals surface area contributed by atoms with Gasteiger partial charge in [-0.25, -0.2) is 12.7 Å². The number of carbonyl (C=O) groups excluding carboxylic acids is 2. The highest BCUT2D eigenvalue weighted by atomic mass is 32.2. The topological polar surface area (TPSA) is 90.0 Å². The van der Waals surface area contributed by atoms with E-state index in [0.717, 1.165) is 15.4 Å². The summed E-state index contributed by atoms with van der Waals surface area (Å²) in [5.41, 5.74) is -0.0963. The van der Waals surface area contributed by atoms with Crippen LogP contribution in [0.1, 0.15) is 24.0 Å². The Kier molecular flexibility index (Phi) is 7.27. The smallest absolute Gasteiger partial charge is 0.325 e. The minimum Gasteiger partial charge on any atom is -0.460 e. The van der Waals surface area contributed by atoms with Crippen molar-refractivity contribution in [1.29, 1.82) is 0 Å². The zero-order valence-electron chi connectivity index (χ0n) is 21.1. The maximum atomic E-state index is 14.3. The number of hydrogen-bond acceptors (Lipinski definition) is 6. The van der Waals surface area contributed by atoms with Crippen LogP contribution in [-0.2, 0) is 35.4 Å². The maximum absolute atomic E-state index is 14.3. The number of nitrogens with zero attached hydrogens (tertiary/aromatic N) is 1. The van der Waals surface area contributed by atoms with Crippen molar-refractivity contribution in [2.24, 2.45) is 11.3 Å². The van der Waals surface area contributed by atoms with Crippen molar-refractivity contribution in [1.82, 2.24) is 4.31 Å². The Morgan fingerprint density at radius 1 is 1.08 bits per heavy atom. The number of fused-ring (bicyclic) bond motifs is 1. The Hall–Kier alpha value is -2.75. The summed E-state index contributed by atoms with van der Waals surface area (Å²) in [7, 11) is -6.42. The molecule has 0 aromatic heterocycles. The molecular formula is C27H33NO6SSi. The molecule has 0 saturated carbocycles. The van der Waals surface area contributed by atoms with Gasteiger partial charge in [-0.3, -0.25) is 9.59 Å². The molecule has 1 aliphatic heterocycles. The van der Waals surface area contributed by atoms with Crippen LogP contribution in [0.25, 0.3) is 0 Å². The zero-order chi connectivity index (χ0) is 26.1. The monoisotopic (exact) mass is 527 g/mol. The van der Waals surface area contributed by atoms with Crippen LogP contribution in [0, 0.1) is 18.3 Å². The van der Waals surface area contributed by atoms with Crippen molar-refractivity contribution in [3.8, 4) is 0 Å². The van der Waals surface area contributed by atoms with E-state index in [-0.39, 0.29) is 18.0 Å². The highest BCUT2D eigenvalue weighted by Gasteiger charge is 2.64. The first-order valence-corrected chi connectivity index (χ1v) is 17.0. The van der Waals surface area contributed by atoms with Gasteiger partial charge in [0.2, 0.25) is 0 Å². The molecule has 9 heteroatoms. The number of sulfonamides is 1. The average molecular weight is 528 g/mol. The first-order valence-electron chi connectivity index (χ1n) is 12.2. The molecule has 4 rings (SSSR count). The Morgan fingerprint density at radius 3 is 2.39 bits per heavy atom. The van der Waals surface area contributed by atoms with Crippen LogP contribution in [-0.4, -0.2) is 45.6 Å². The summed E-state index contributed by atoms with van der Waals surface area (Å²) in [6.45, 7) is 7.76. The molecule has 192 valence electrons. The summed E-state index contributed by atoms with van der Waals surface area (Å²) in [4.78, 5) is 28.2. The molecule has 1 saturated heterocycles. The van der Waals surface area contributed by atoms with E-state index in [4.69, 9.17) is 9.16 Å². The van der Waals surface area contributed by atoms with E-state index in [0.29, 0.717) is 12.8 Å². The third kappa shape index (κ3) is 4.92. The van der Waals surface area contributed by atoms with Gasteiger partial charge in [0.1, 0.15) is 6.61 Å². The molecule has 3 atom stereocenters. The fraction of sp³-hybridized carbons (Fsp3) is 0.407. The summed E-state index contributed by atoms with van der Waals surface area (Å²) in [6.07, 6.45) is 3.56. The van der Waals surface area contributed by atoms with Crippen molar-refractivity contribution in [3.05, 3.63) is 77.9 Å². The number of allylic oxidation sites excluding steroid dienone is 1. The molecular weight excluding hydrogens is 494 g/mol. The number of esters is 1. The van der Waals surface area contributed by atoms with E-state index in [1.165, 1.54) is 12.1 Å². The van der Waals surface area contributed by atoms with Crippen LogP contribution >= 0.6 is 0 Å². The quantitative estimate of drug-likeness (QED) is 0.229. The van der Waals surface area contributed by atoms with Crippen molar-refractivity contribution >= 4 is 30.2 Å². The molecule has 36 heavy (non-hydrogen) atoms. The van der Waals surface area contributed by atoms with Crippen LogP contribution in [0.5, 0.6) is 0 Å². The average Bonchev–Trinajstić information content (AvgIpc) is 2.82. The molecule has 7 nitrogen and oxygen atoms in total. The first kappa shape index (κ1) is 26.3. The Bertz CT molecular complexity index is 1250. The molecule has 0 N–H and O–H groups in total. The summed E-state index contributed by atoms with van der Waals surface area (Å²) >= 11 is 0. The predicted octanol–water partition coefficient (Wildman–Crippen LogP) is 4.44. The molecule has 2 aromatic carbocycles. The van der Waals surface area contributed by atoms with Gasteiger partial charge >= 0.3 is 5.97 Å². The number of aryl methyl sites for hydroxylation is 1. The van der Waals surface area contributed by atoms with Crippen LogP contribution in [0.4, 0.5) is 0 Å². The van der Waals surface area contributed by atoms with Crippen molar-refractivity contribution in [2.75, 3.05) is 6.54 Å². The molecule has 0 bridgehead atoms. The molecule has 0 unspecified atom stereocenters. The summed E-state index contributed by atoms with van der Waals surface area (Å²) in [5.74, 6) is -1.94. The lowest BCUT2D eigenvalue weighted by Gasteiger charge is -2.50. The van der Waals surface area contributed by atoms with Gasteiger partial charge in [0.25, 0.3) is 15.9 Å². The number of benzene rings is 2. The van der Waals surface area contributed by atoms with Gasteiger partial charge in [0, 0.05) is 6.54 Å². The van der Waals surface area contributed by atoms with Gasteiger partial charge in [-0.15, -0.1) is 0 Å². The van der Waals surface area contributed by atoms with E-state index >= 15 is 0 Å². The number of piperidine rings is 1. The fourth-order valence-electron chi connectivity index (χ4n) is 4.95. The first-order chi connectivity index (χ1) is 17.0. The van der Waals surface area contributed by atoms with Crippen molar-refractivity contribution in [3.63, 3.8) is 0 Å². The third-order valence-corrected chi connectivity index (χ3v) is 9.48. The number of carbonyl (C=O) groups is 2. The van der Waals surface area contributed by atoms with Gasteiger partial charge in [-0.05, 0) is 63.0 Å². The lowest BCUT2D eigenvalue weighted by Crippen LogP contribution is -2.66. The fourth-order valence-corrected chi connectivity index (χ4v) is 7.43. The normalized spacial score (nSPS) is 24.3. The van der Waals surface area contributed by atoms with Gasteiger partial charge in [0.15, 0.2) is 13.7 Å². The second-order valence-corrected chi connectivity index (χ2v) is 16.7. The highest BCUT2D eigenvalue weighted by Crippen LogP contribution is 2.49. The number of hydrogen-bond donors (Lipinski definition) is 0. The third-order valence-electron chi connectivity index (χ3n) is 6.73. The number of ether oxygens (including phenoxy) is 1. The van der Waals surface area contributed by atoms with Gasteiger partial charge < -0.3 is 9.16 Å². The minimum absolute atomic E-state index is 0.000924. The van der Waals surface area contributed by atoms with E-state index in [2.05, 4.69) is 0 Å². The van der Waals surface area contributed by atoms with Crippen LogP contribution in [0.2, 0.25) is 19.6 Å². The minimum atomic E-state index is -4.18. The van der Waals surface area contributed by atoms with Crippen LogP contribution in [0.3, 0.4) is 0 Å². The number of amides is 1. The van der Waals surface area contributed by atoms with E-state index in [9.17, 15) is 18.0 Å². The molecule has 2 aliphatic rings. The lowest BCUT2D eigenvalue weighted by molar-refractivity contribution is -0.180. The lowest BCUT2D eigenvalue weighted by atomic mass is 9.63. The van der Waals surface area contributed by atoms with Gasteiger partial charge in [0.05, 0.1) is 11.0 Å². The van der Waals surface area contributed by atoms with Crippen molar-refractivity contribution in [2.45, 2.75) is 57.0 Å². The number of rotatable bonds is 7. The Balaban J connectivity index is 1.77. The standard InChI is InChI=1S/C27H33NO6SSi/c1-20-13-15-23(16-14-20)35(31,32)28-18-17-22-11-8-12-24(34-36(2,3)4)27(22,25(28)29)26(30)33-19-21-9-6-5-7-10-21/h5-10,12-16,22,24H,11,17-19H2,1-4H3/t22-,24-,27-/m0/s1. The van der Waals surface area contributed by atoms with Gasteiger partial charge in [-0.2, -0.15) is 0 Å². The molecule has 0 radical (unpaired) electrons. The molecule has 1 heterocycles. The second kappa shape index (κ2) is 9.95. The largest absolute Gasteiger partial charge is 0.460 e. The molecule has 1 amide bonds. The van der Waals surface area contributed by atoms with E-state index in [1.54, 1.807) is 18.2 Å².